The number of benzene rings is 2. The number of nitrogens with zero attached hydrogens (tertiary/aromatic N) is 2. The molecule has 0 aliphatic carbocycles. The van der Waals surface area contributed by atoms with E-state index in [0.29, 0.717) is 6.04 Å². The van der Waals surface area contributed by atoms with Crippen LogP contribution in [0.3, 0.4) is 0 Å². The van der Waals surface area contributed by atoms with Gasteiger partial charge in [-0.05, 0) is 38.1 Å². The molecule has 3 aromatic rings. The Hall–Kier alpha value is -2.50. The second kappa shape index (κ2) is 8.46. The summed E-state index contributed by atoms with van der Waals surface area (Å²) < 4.78 is 15.1. The van der Waals surface area contributed by atoms with Crippen LogP contribution in [-0.4, -0.2) is 30.4 Å². The van der Waals surface area contributed by atoms with Crippen molar-refractivity contribution < 1.29 is 14.6 Å². The highest BCUT2D eigenvalue weighted by Gasteiger charge is 2.21. The second-order valence-electron chi connectivity index (χ2n) is 7.31. The molecule has 2 aromatic carbocycles. The maximum atomic E-state index is 13.2. The molecule has 5 heteroatoms. The van der Waals surface area contributed by atoms with E-state index < -0.39 is 0 Å². The first-order valence-corrected chi connectivity index (χ1v) is 9.45. The van der Waals surface area contributed by atoms with Crippen LogP contribution in [0.25, 0.3) is 5.69 Å². The zero-order valence-electron chi connectivity index (χ0n) is 16.5. The summed E-state index contributed by atoms with van der Waals surface area (Å²) in [5, 5.41) is 7.03. The number of aryl methyl sites for hydroxylation is 1. The van der Waals surface area contributed by atoms with E-state index in [9.17, 15) is 4.39 Å². The molecule has 3 N–H and O–H groups in total. The van der Waals surface area contributed by atoms with E-state index in [1.165, 1.54) is 28.2 Å². The van der Waals surface area contributed by atoms with Gasteiger partial charge in [-0.1, -0.05) is 30.3 Å². The normalized spacial score (nSPS) is 12.5. The Morgan fingerprint density at radius 1 is 1.04 bits per heavy atom. The molecule has 1 aromatic heterocycles. The standard InChI is InChI=1S/C22H27FN4/c1-16-21(17(2)27(25-16)20-12-10-19(23)11-13-20)14-24-15-22(26(3)4)18-8-6-5-7-9-18/h5-13,22,24H,14-15H2,1-4H3/p+2/t22-/m0/s1. The Bertz CT molecular complexity index is 869. The maximum Gasteiger partial charge on any atom is 0.162 e. The van der Waals surface area contributed by atoms with Crippen molar-refractivity contribution in [3.05, 3.63) is 82.9 Å². The fourth-order valence-corrected chi connectivity index (χ4v) is 3.59. The lowest BCUT2D eigenvalue weighted by molar-refractivity contribution is -0.910. The van der Waals surface area contributed by atoms with E-state index in [1.54, 1.807) is 12.1 Å². The van der Waals surface area contributed by atoms with Gasteiger partial charge < -0.3 is 10.2 Å². The molecule has 0 radical (unpaired) electrons. The molecule has 4 nitrogen and oxygen atoms in total. The van der Waals surface area contributed by atoms with Gasteiger partial charge >= 0.3 is 0 Å². The number of nitrogens with two attached hydrogens (primary N) is 1. The molecular weight excluding hydrogens is 339 g/mol. The predicted molar refractivity (Wildman–Crippen MR) is 105 cm³/mol. The largest absolute Gasteiger partial charge is 0.337 e. The molecule has 0 amide bonds. The molecule has 0 aliphatic heterocycles. The summed E-state index contributed by atoms with van der Waals surface area (Å²) >= 11 is 0. The van der Waals surface area contributed by atoms with Crippen molar-refractivity contribution in [2.45, 2.75) is 26.4 Å². The Kier molecular flexibility index (Phi) is 6.04. The van der Waals surface area contributed by atoms with Crippen LogP contribution in [0.5, 0.6) is 0 Å². The molecule has 1 atom stereocenters. The lowest BCUT2D eigenvalue weighted by atomic mass is 10.1. The summed E-state index contributed by atoms with van der Waals surface area (Å²) in [6, 6.07) is 17.6. The predicted octanol–water partition coefficient (Wildman–Crippen LogP) is 1.58. The van der Waals surface area contributed by atoms with Gasteiger partial charge in [0.25, 0.3) is 0 Å². The highest BCUT2D eigenvalue weighted by atomic mass is 19.1. The van der Waals surface area contributed by atoms with Gasteiger partial charge in [-0.15, -0.1) is 0 Å². The maximum absolute atomic E-state index is 13.2. The summed E-state index contributed by atoms with van der Waals surface area (Å²) in [5.74, 6) is -0.230. The number of hydrogen-bond donors (Lipinski definition) is 2. The molecule has 142 valence electrons. The fourth-order valence-electron chi connectivity index (χ4n) is 3.59. The van der Waals surface area contributed by atoms with E-state index in [0.717, 1.165) is 30.2 Å². The van der Waals surface area contributed by atoms with Crippen molar-refractivity contribution in [1.29, 1.82) is 0 Å². The Labute approximate surface area is 160 Å². The first-order valence-electron chi connectivity index (χ1n) is 9.45. The average molecular weight is 369 g/mol. The number of nitrogens with one attached hydrogen (secondary N) is 1. The highest BCUT2D eigenvalue weighted by molar-refractivity contribution is 5.36. The minimum Gasteiger partial charge on any atom is -0.337 e. The topological polar surface area (TPSA) is 38.9 Å². The van der Waals surface area contributed by atoms with Crippen molar-refractivity contribution >= 4 is 0 Å². The summed E-state index contributed by atoms with van der Waals surface area (Å²) in [7, 11) is 4.41. The van der Waals surface area contributed by atoms with E-state index in [1.807, 2.05) is 11.6 Å². The van der Waals surface area contributed by atoms with Gasteiger partial charge in [0.05, 0.1) is 36.7 Å². The molecule has 3 rings (SSSR count). The van der Waals surface area contributed by atoms with Crippen LogP contribution in [0.2, 0.25) is 0 Å². The Morgan fingerprint density at radius 3 is 2.33 bits per heavy atom. The van der Waals surface area contributed by atoms with Crippen molar-refractivity contribution in [3.63, 3.8) is 0 Å². The van der Waals surface area contributed by atoms with Gasteiger partial charge in [-0.2, -0.15) is 5.10 Å². The van der Waals surface area contributed by atoms with Crippen LogP contribution in [0.15, 0.2) is 54.6 Å². The molecule has 27 heavy (non-hydrogen) atoms. The van der Waals surface area contributed by atoms with Crippen molar-refractivity contribution in [3.8, 4) is 5.69 Å². The number of rotatable bonds is 7. The quantitative estimate of drug-likeness (QED) is 0.653. The lowest BCUT2D eigenvalue weighted by Crippen LogP contribution is -3.09. The first kappa shape index (κ1) is 19.3. The second-order valence-corrected chi connectivity index (χ2v) is 7.31. The minimum atomic E-state index is -0.230. The van der Waals surface area contributed by atoms with E-state index in [2.05, 4.69) is 61.8 Å². The van der Waals surface area contributed by atoms with Gasteiger partial charge in [0, 0.05) is 5.56 Å². The summed E-state index contributed by atoms with van der Waals surface area (Å²) in [5.41, 5.74) is 5.65. The number of likely N-dealkylation sites (N-methyl/N-ethyl adjacent to an activating group) is 1. The van der Waals surface area contributed by atoms with E-state index in [4.69, 9.17) is 0 Å². The summed E-state index contributed by atoms with van der Waals surface area (Å²) in [4.78, 5) is 1.42. The third kappa shape index (κ3) is 4.43. The zero-order chi connectivity index (χ0) is 19.4. The molecule has 0 aliphatic rings. The third-order valence-electron chi connectivity index (χ3n) is 5.16. The molecule has 0 fully saturated rings. The molecule has 0 saturated carbocycles. The van der Waals surface area contributed by atoms with Gasteiger partial charge in [-0.3, -0.25) is 0 Å². The van der Waals surface area contributed by atoms with Crippen LogP contribution in [0, 0.1) is 19.7 Å². The molecule has 0 spiro atoms. The highest BCUT2D eigenvalue weighted by Crippen LogP contribution is 2.17. The number of quaternary nitrogens is 2. The molecular formula is C22H29FN4+2. The number of halogens is 1. The van der Waals surface area contributed by atoms with E-state index >= 15 is 0 Å². The smallest absolute Gasteiger partial charge is 0.162 e. The van der Waals surface area contributed by atoms with Crippen LogP contribution in [0.4, 0.5) is 4.39 Å². The molecule has 0 saturated heterocycles. The van der Waals surface area contributed by atoms with Crippen LogP contribution in [0.1, 0.15) is 28.6 Å². The van der Waals surface area contributed by atoms with Crippen molar-refractivity contribution in [2.24, 2.45) is 0 Å². The van der Waals surface area contributed by atoms with Crippen molar-refractivity contribution in [2.75, 3.05) is 20.6 Å². The molecule has 0 bridgehead atoms. The Balaban J connectivity index is 1.72. The molecule has 1 heterocycles. The summed E-state index contributed by atoms with van der Waals surface area (Å²) in [6.45, 7) is 6.02. The molecule has 0 unspecified atom stereocenters. The Morgan fingerprint density at radius 2 is 1.70 bits per heavy atom. The average Bonchev–Trinajstić information content (AvgIpc) is 2.94. The third-order valence-corrected chi connectivity index (χ3v) is 5.16. The van der Waals surface area contributed by atoms with Crippen LogP contribution < -0.4 is 10.2 Å². The number of aromatic nitrogens is 2. The van der Waals surface area contributed by atoms with Gasteiger partial charge in [0.15, 0.2) is 6.04 Å². The van der Waals surface area contributed by atoms with Crippen LogP contribution >= 0.6 is 0 Å². The monoisotopic (exact) mass is 368 g/mol. The van der Waals surface area contributed by atoms with Gasteiger partial charge in [0.2, 0.25) is 0 Å². The van der Waals surface area contributed by atoms with Gasteiger partial charge in [0.1, 0.15) is 18.9 Å². The SMILES string of the molecule is Cc1nn(-c2ccc(F)cc2)c(C)c1C[NH2+]C[C@@H](c1ccccc1)[NH+](C)C. The number of hydrogen-bond acceptors (Lipinski definition) is 1. The summed E-state index contributed by atoms with van der Waals surface area (Å²) in [6.07, 6.45) is 0. The van der Waals surface area contributed by atoms with Gasteiger partial charge in [-0.25, -0.2) is 9.07 Å². The van der Waals surface area contributed by atoms with E-state index in [-0.39, 0.29) is 5.82 Å². The zero-order valence-corrected chi connectivity index (χ0v) is 16.5. The van der Waals surface area contributed by atoms with Crippen LogP contribution in [-0.2, 0) is 6.54 Å². The lowest BCUT2D eigenvalue weighted by Gasteiger charge is -2.20. The minimum absolute atomic E-state index is 0.230. The van der Waals surface area contributed by atoms with Crippen molar-refractivity contribution in [1.82, 2.24) is 9.78 Å². The fraction of sp³-hybridized carbons (Fsp3) is 0.318. The first-order chi connectivity index (χ1) is 13.0.